The Kier molecular flexibility index (Phi) is 4.70. The van der Waals surface area contributed by atoms with Gasteiger partial charge in [-0.1, -0.05) is 23.4 Å². The second kappa shape index (κ2) is 6.94. The number of amides is 1. The minimum absolute atomic E-state index is 0.0464. The first-order valence-electron chi connectivity index (χ1n) is 8.40. The van der Waals surface area contributed by atoms with Gasteiger partial charge in [0.25, 0.3) is 5.22 Å². The van der Waals surface area contributed by atoms with Gasteiger partial charge in [0.2, 0.25) is 5.91 Å². The zero-order chi connectivity index (χ0) is 16.5. The number of benzene rings is 1. The third-order valence-corrected chi connectivity index (χ3v) is 5.68. The molecule has 2 aliphatic rings. The maximum absolute atomic E-state index is 12.1. The first-order valence-corrected chi connectivity index (χ1v) is 9.76. The lowest BCUT2D eigenvalue weighted by Crippen LogP contribution is -2.45. The van der Waals surface area contributed by atoms with Crippen molar-refractivity contribution in [1.29, 1.82) is 0 Å². The van der Waals surface area contributed by atoms with E-state index in [0.29, 0.717) is 27.6 Å². The van der Waals surface area contributed by atoms with Crippen molar-refractivity contribution < 1.29 is 9.21 Å². The number of nitrogens with zero attached hydrogens (tertiary/aromatic N) is 2. The molecule has 2 fully saturated rings. The van der Waals surface area contributed by atoms with Crippen LogP contribution in [0.4, 0.5) is 0 Å². The van der Waals surface area contributed by atoms with Crippen molar-refractivity contribution in [2.24, 2.45) is 0 Å². The van der Waals surface area contributed by atoms with E-state index in [1.54, 1.807) is 18.2 Å². The monoisotopic (exact) mass is 365 g/mol. The number of fused-ring (bicyclic) bond motifs is 1. The molecule has 1 aliphatic carbocycles. The third-order valence-electron chi connectivity index (χ3n) is 4.61. The Morgan fingerprint density at radius 1 is 1.33 bits per heavy atom. The van der Waals surface area contributed by atoms with E-state index in [0.717, 1.165) is 37.5 Å². The molecule has 1 saturated carbocycles. The maximum atomic E-state index is 12.1. The molecule has 0 spiro atoms. The highest BCUT2D eigenvalue weighted by molar-refractivity contribution is 7.99. The molecule has 1 N–H and O–H groups in total. The lowest BCUT2D eigenvalue weighted by Gasteiger charge is -2.32. The van der Waals surface area contributed by atoms with E-state index in [-0.39, 0.29) is 5.91 Å². The van der Waals surface area contributed by atoms with E-state index < -0.39 is 0 Å². The highest BCUT2D eigenvalue weighted by Gasteiger charge is 2.32. The summed E-state index contributed by atoms with van der Waals surface area (Å²) in [6, 6.07) is 6.45. The minimum Gasteiger partial charge on any atom is -0.431 e. The molecule has 1 saturated heterocycles. The number of oxazole rings is 1. The van der Waals surface area contributed by atoms with Crippen LogP contribution in [-0.4, -0.2) is 46.7 Å². The zero-order valence-electron chi connectivity index (χ0n) is 13.3. The molecular formula is C17H20ClN3O2S. The van der Waals surface area contributed by atoms with Crippen molar-refractivity contribution in [3.63, 3.8) is 0 Å². The highest BCUT2D eigenvalue weighted by atomic mass is 35.5. The van der Waals surface area contributed by atoms with Crippen LogP contribution in [0.2, 0.25) is 5.02 Å². The number of carbonyl (C=O) groups excluding carboxylic acids is 1. The van der Waals surface area contributed by atoms with Gasteiger partial charge in [0.15, 0.2) is 5.58 Å². The topological polar surface area (TPSA) is 58.4 Å². The van der Waals surface area contributed by atoms with Crippen molar-refractivity contribution in [1.82, 2.24) is 15.2 Å². The molecule has 2 heterocycles. The van der Waals surface area contributed by atoms with Crippen LogP contribution >= 0.6 is 23.4 Å². The average Bonchev–Trinajstić information content (AvgIpc) is 3.34. The lowest BCUT2D eigenvalue weighted by molar-refractivity contribution is -0.119. The number of hydrogen-bond donors (Lipinski definition) is 1. The number of likely N-dealkylation sites (tertiary alicyclic amines) is 1. The first-order chi connectivity index (χ1) is 11.7. The molecule has 0 unspecified atom stereocenters. The Hall–Kier alpha value is -1.24. The van der Waals surface area contributed by atoms with E-state index in [9.17, 15) is 4.79 Å². The van der Waals surface area contributed by atoms with Gasteiger partial charge in [0, 0.05) is 30.2 Å². The van der Waals surface area contributed by atoms with Gasteiger partial charge >= 0.3 is 0 Å². The van der Waals surface area contributed by atoms with E-state index in [2.05, 4.69) is 15.2 Å². The van der Waals surface area contributed by atoms with Crippen LogP contribution in [0, 0.1) is 0 Å². The van der Waals surface area contributed by atoms with Crippen LogP contribution in [0.5, 0.6) is 0 Å². The van der Waals surface area contributed by atoms with Gasteiger partial charge in [-0.25, -0.2) is 4.98 Å². The number of nitrogens with one attached hydrogen (secondary N) is 1. The van der Waals surface area contributed by atoms with Gasteiger partial charge in [-0.05, 0) is 43.9 Å². The summed E-state index contributed by atoms with van der Waals surface area (Å²) in [5, 5.41) is 4.27. The van der Waals surface area contributed by atoms with Crippen LogP contribution in [0.15, 0.2) is 27.8 Å². The SMILES string of the molecule is O=C(CSc1nc2cc(Cl)ccc2o1)NC1CCN(C2CC2)CC1. The molecule has 1 aromatic carbocycles. The van der Waals surface area contributed by atoms with Gasteiger partial charge in [-0.3, -0.25) is 4.79 Å². The van der Waals surface area contributed by atoms with Crippen molar-refractivity contribution in [2.45, 2.75) is 43.0 Å². The zero-order valence-corrected chi connectivity index (χ0v) is 14.9. The van der Waals surface area contributed by atoms with E-state index in [1.807, 2.05) is 0 Å². The molecule has 1 amide bonds. The van der Waals surface area contributed by atoms with Gasteiger partial charge in [-0.2, -0.15) is 0 Å². The Labute approximate surface area is 150 Å². The smallest absolute Gasteiger partial charge is 0.257 e. The number of aromatic nitrogens is 1. The summed E-state index contributed by atoms with van der Waals surface area (Å²) in [6.07, 6.45) is 4.80. The molecule has 2 aromatic rings. The Morgan fingerprint density at radius 3 is 2.88 bits per heavy atom. The normalized spacial score (nSPS) is 19.7. The summed E-state index contributed by atoms with van der Waals surface area (Å²) in [7, 11) is 0. The van der Waals surface area contributed by atoms with Crippen molar-refractivity contribution in [2.75, 3.05) is 18.8 Å². The molecule has 128 valence electrons. The van der Waals surface area contributed by atoms with Crippen LogP contribution in [0.25, 0.3) is 11.1 Å². The maximum Gasteiger partial charge on any atom is 0.257 e. The lowest BCUT2D eigenvalue weighted by atomic mass is 10.1. The summed E-state index contributed by atoms with van der Waals surface area (Å²) in [6.45, 7) is 2.21. The Bertz CT molecular complexity index is 739. The number of carbonyl (C=O) groups is 1. The number of piperidine rings is 1. The summed E-state index contributed by atoms with van der Waals surface area (Å²) in [4.78, 5) is 19.1. The summed E-state index contributed by atoms with van der Waals surface area (Å²) >= 11 is 7.26. The van der Waals surface area contributed by atoms with Crippen LogP contribution in [0.1, 0.15) is 25.7 Å². The summed E-state index contributed by atoms with van der Waals surface area (Å²) < 4.78 is 5.62. The first kappa shape index (κ1) is 16.2. The fourth-order valence-electron chi connectivity index (χ4n) is 3.19. The molecule has 7 heteroatoms. The predicted molar refractivity (Wildman–Crippen MR) is 95.5 cm³/mol. The van der Waals surface area contributed by atoms with Gasteiger partial charge < -0.3 is 14.6 Å². The summed E-state index contributed by atoms with van der Waals surface area (Å²) in [5.41, 5.74) is 1.41. The number of hydrogen-bond acceptors (Lipinski definition) is 5. The molecular weight excluding hydrogens is 346 g/mol. The third kappa shape index (κ3) is 3.87. The van der Waals surface area contributed by atoms with Gasteiger partial charge in [-0.15, -0.1) is 0 Å². The van der Waals surface area contributed by atoms with Crippen LogP contribution in [-0.2, 0) is 4.79 Å². The molecule has 0 radical (unpaired) electrons. The molecule has 5 nitrogen and oxygen atoms in total. The quantitative estimate of drug-likeness (QED) is 0.824. The largest absolute Gasteiger partial charge is 0.431 e. The van der Waals surface area contributed by atoms with E-state index in [4.69, 9.17) is 16.0 Å². The van der Waals surface area contributed by atoms with Crippen molar-refractivity contribution in [3.05, 3.63) is 23.2 Å². The minimum atomic E-state index is 0.0464. The van der Waals surface area contributed by atoms with Crippen LogP contribution in [0.3, 0.4) is 0 Å². The van der Waals surface area contributed by atoms with E-state index in [1.165, 1.54) is 24.6 Å². The van der Waals surface area contributed by atoms with Crippen molar-refractivity contribution >= 4 is 40.4 Å². The molecule has 0 bridgehead atoms. The molecule has 0 atom stereocenters. The highest BCUT2D eigenvalue weighted by Crippen LogP contribution is 2.29. The number of thioether (sulfide) groups is 1. The fourth-order valence-corrected chi connectivity index (χ4v) is 4.00. The second-order valence-corrected chi connectivity index (χ2v) is 7.85. The summed E-state index contributed by atoms with van der Waals surface area (Å²) in [5.74, 6) is 0.369. The Balaban J connectivity index is 1.25. The van der Waals surface area contributed by atoms with Crippen molar-refractivity contribution in [3.8, 4) is 0 Å². The second-order valence-electron chi connectivity index (χ2n) is 6.49. The van der Waals surface area contributed by atoms with Gasteiger partial charge in [0.05, 0.1) is 5.75 Å². The average molecular weight is 366 g/mol. The number of rotatable bonds is 5. The van der Waals surface area contributed by atoms with Gasteiger partial charge in [0.1, 0.15) is 5.52 Å². The van der Waals surface area contributed by atoms with E-state index >= 15 is 0 Å². The molecule has 1 aromatic heterocycles. The Morgan fingerprint density at radius 2 is 2.12 bits per heavy atom. The van der Waals surface area contributed by atoms with Crippen LogP contribution < -0.4 is 5.32 Å². The predicted octanol–water partition coefficient (Wildman–Crippen LogP) is 3.32. The standard InChI is InChI=1S/C17H20ClN3O2S/c18-11-1-4-15-14(9-11)20-17(23-15)24-10-16(22)19-12-5-7-21(8-6-12)13-2-3-13/h1,4,9,12-13H,2-3,5-8,10H2,(H,19,22). The molecule has 4 rings (SSSR count). The molecule has 24 heavy (non-hydrogen) atoms. The fraction of sp³-hybridized carbons (Fsp3) is 0.529. The number of halogens is 1. The molecule has 1 aliphatic heterocycles.